The van der Waals surface area contributed by atoms with Gasteiger partial charge in [0.15, 0.2) is 5.78 Å². The number of carbonyl (C=O) groups is 2. The van der Waals surface area contributed by atoms with E-state index in [1.165, 1.54) is 12.1 Å². The number of nitro groups is 1. The molecule has 3 N–H and O–H groups in total. The lowest BCUT2D eigenvalue weighted by Crippen LogP contribution is -2.16. The van der Waals surface area contributed by atoms with E-state index in [0.29, 0.717) is 0 Å². The molecule has 0 aliphatic rings. The molecule has 0 fully saturated rings. The number of methoxy groups -OCH3 is 1. The molecule has 0 aliphatic heterocycles. The zero-order valence-electron chi connectivity index (χ0n) is 9.50. The third-order valence-corrected chi connectivity index (χ3v) is 2.11. The van der Waals surface area contributed by atoms with Crippen molar-refractivity contribution in [3.8, 4) is 0 Å². The molecule has 0 aromatic heterocycles. The van der Waals surface area contributed by atoms with Crippen LogP contribution in [-0.4, -0.2) is 30.5 Å². The first-order chi connectivity index (χ1) is 8.49. The molecule has 0 unspecified atom stereocenters. The molecule has 0 spiro atoms. The Morgan fingerprint density at radius 3 is 2.67 bits per heavy atom. The number of hydrogen-bond donors (Lipinski definition) is 2. The summed E-state index contributed by atoms with van der Waals surface area (Å²) in [4.78, 5) is 32.4. The number of benzene rings is 1. The molecule has 0 atom stereocenters. The SMILES string of the molecule is COC(=O)Nc1ccc(C(=O)CN)c([N+](=O)[O-])c1. The molecule has 18 heavy (non-hydrogen) atoms. The van der Waals surface area contributed by atoms with Crippen molar-refractivity contribution in [1.82, 2.24) is 0 Å². The lowest BCUT2D eigenvalue weighted by Gasteiger charge is -2.05. The number of ether oxygens (including phenoxy) is 1. The molecule has 1 aromatic carbocycles. The summed E-state index contributed by atoms with van der Waals surface area (Å²) < 4.78 is 4.35. The third kappa shape index (κ3) is 3.01. The molecule has 1 aromatic rings. The van der Waals surface area contributed by atoms with Crippen molar-refractivity contribution in [3.63, 3.8) is 0 Å². The largest absolute Gasteiger partial charge is 0.453 e. The Balaban J connectivity index is 3.15. The van der Waals surface area contributed by atoms with E-state index in [-0.39, 0.29) is 17.8 Å². The quantitative estimate of drug-likeness (QED) is 0.467. The van der Waals surface area contributed by atoms with Crippen LogP contribution in [0.15, 0.2) is 18.2 Å². The number of amides is 1. The third-order valence-electron chi connectivity index (χ3n) is 2.11. The molecular formula is C10H11N3O5. The van der Waals surface area contributed by atoms with E-state index in [1.54, 1.807) is 0 Å². The number of rotatable bonds is 4. The van der Waals surface area contributed by atoms with Crippen LogP contribution in [0.1, 0.15) is 10.4 Å². The van der Waals surface area contributed by atoms with Gasteiger partial charge in [-0.15, -0.1) is 0 Å². The molecule has 0 saturated carbocycles. The number of Topliss-reactive ketones (excluding diaryl/α,β-unsaturated/α-hetero) is 1. The van der Waals surface area contributed by atoms with E-state index in [1.807, 2.05) is 0 Å². The second-order valence-electron chi connectivity index (χ2n) is 3.23. The maximum Gasteiger partial charge on any atom is 0.411 e. The van der Waals surface area contributed by atoms with Gasteiger partial charge in [-0.2, -0.15) is 0 Å². The van der Waals surface area contributed by atoms with Crippen LogP contribution in [0.25, 0.3) is 0 Å². The van der Waals surface area contributed by atoms with Gasteiger partial charge in [0.1, 0.15) is 0 Å². The van der Waals surface area contributed by atoms with Crippen LogP contribution in [0.5, 0.6) is 0 Å². The van der Waals surface area contributed by atoms with Crippen LogP contribution in [-0.2, 0) is 4.74 Å². The number of nitrogens with zero attached hydrogens (tertiary/aromatic N) is 1. The summed E-state index contributed by atoms with van der Waals surface area (Å²) in [7, 11) is 1.16. The number of carbonyl (C=O) groups excluding carboxylic acids is 2. The summed E-state index contributed by atoms with van der Waals surface area (Å²) in [6.45, 7) is -0.329. The minimum absolute atomic E-state index is 0.0992. The van der Waals surface area contributed by atoms with E-state index < -0.39 is 22.5 Å². The molecule has 0 aliphatic carbocycles. The monoisotopic (exact) mass is 253 g/mol. The fourth-order valence-corrected chi connectivity index (χ4v) is 1.28. The van der Waals surface area contributed by atoms with Gasteiger partial charge in [-0.25, -0.2) is 4.79 Å². The Morgan fingerprint density at radius 1 is 1.50 bits per heavy atom. The second-order valence-corrected chi connectivity index (χ2v) is 3.23. The molecule has 8 heteroatoms. The van der Waals surface area contributed by atoms with Crippen molar-refractivity contribution in [2.45, 2.75) is 0 Å². The summed E-state index contributed by atoms with van der Waals surface area (Å²) in [6, 6.07) is 3.66. The molecule has 1 rings (SSSR count). The number of ketones is 1. The van der Waals surface area contributed by atoms with Crippen molar-refractivity contribution in [1.29, 1.82) is 0 Å². The topological polar surface area (TPSA) is 125 Å². The normalized spacial score (nSPS) is 9.67. The first-order valence-electron chi connectivity index (χ1n) is 4.86. The lowest BCUT2D eigenvalue weighted by atomic mass is 10.1. The Bertz CT molecular complexity index is 500. The van der Waals surface area contributed by atoms with Crippen molar-refractivity contribution < 1.29 is 19.2 Å². The van der Waals surface area contributed by atoms with Gasteiger partial charge in [-0.1, -0.05) is 0 Å². The zero-order valence-corrected chi connectivity index (χ0v) is 9.50. The highest BCUT2D eigenvalue weighted by atomic mass is 16.6. The number of anilines is 1. The Labute approximate surface area is 102 Å². The van der Waals surface area contributed by atoms with Gasteiger partial charge < -0.3 is 10.5 Å². The highest BCUT2D eigenvalue weighted by Gasteiger charge is 2.20. The van der Waals surface area contributed by atoms with Crippen molar-refractivity contribution in [2.24, 2.45) is 5.73 Å². The molecule has 0 bridgehead atoms. The maximum atomic E-state index is 11.4. The first-order valence-corrected chi connectivity index (χ1v) is 4.86. The lowest BCUT2D eigenvalue weighted by molar-refractivity contribution is -0.385. The van der Waals surface area contributed by atoms with Gasteiger partial charge in [0.2, 0.25) is 0 Å². The van der Waals surface area contributed by atoms with Crippen LogP contribution >= 0.6 is 0 Å². The average Bonchev–Trinajstić information content (AvgIpc) is 2.37. The van der Waals surface area contributed by atoms with Gasteiger partial charge in [0, 0.05) is 6.07 Å². The maximum absolute atomic E-state index is 11.4. The highest BCUT2D eigenvalue weighted by Crippen LogP contribution is 2.23. The summed E-state index contributed by atoms with van der Waals surface area (Å²) in [5, 5.41) is 13.1. The first kappa shape index (κ1) is 13.6. The molecule has 8 nitrogen and oxygen atoms in total. The predicted molar refractivity (Wildman–Crippen MR) is 62.5 cm³/mol. The standard InChI is InChI=1S/C10H11N3O5/c1-18-10(15)12-6-2-3-7(9(14)5-11)8(4-6)13(16)17/h2-4H,5,11H2,1H3,(H,12,15). The van der Waals surface area contributed by atoms with Gasteiger partial charge in [0.25, 0.3) is 5.69 Å². The fraction of sp³-hybridized carbons (Fsp3) is 0.200. The van der Waals surface area contributed by atoms with Crippen molar-refractivity contribution >= 4 is 23.3 Å². The van der Waals surface area contributed by atoms with E-state index in [9.17, 15) is 19.7 Å². The van der Waals surface area contributed by atoms with Gasteiger partial charge >= 0.3 is 6.09 Å². The molecule has 1 amide bonds. The molecule has 0 saturated heterocycles. The molecule has 0 radical (unpaired) electrons. The van der Waals surface area contributed by atoms with Crippen LogP contribution in [0.2, 0.25) is 0 Å². The summed E-state index contributed by atoms with van der Waals surface area (Å²) in [6.07, 6.45) is -0.762. The van der Waals surface area contributed by atoms with Crippen molar-refractivity contribution in [2.75, 3.05) is 19.0 Å². The number of hydrogen-bond acceptors (Lipinski definition) is 6. The van der Waals surface area contributed by atoms with E-state index in [2.05, 4.69) is 10.1 Å². The number of nitrogens with one attached hydrogen (secondary N) is 1. The average molecular weight is 253 g/mol. The predicted octanol–water partition coefficient (Wildman–Crippen LogP) is 0.914. The molecule has 96 valence electrons. The van der Waals surface area contributed by atoms with Crippen LogP contribution in [0.3, 0.4) is 0 Å². The van der Waals surface area contributed by atoms with E-state index in [4.69, 9.17) is 5.73 Å². The van der Waals surface area contributed by atoms with Gasteiger partial charge in [-0.05, 0) is 12.1 Å². The number of nitrogens with two attached hydrogens (primary N) is 1. The van der Waals surface area contributed by atoms with Crippen LogP contribution in [0.4, 0.5) is 16.2 Å². The van der Waals surface area contributed by atoms with Crippen molar-refractivity contribution in [3.05, 3.63) is 33.9 Å². The zero-order chi connectivity index (χ0) is 13.7. The highest BCUT2D eigenvalue weighted by molar-refractivity contribution is 6.02. The Hall–Kier alpha value is -2.48. The summed E-state index contributed by atoms with van der Waals surface area (Å²) in [5.41, 5.74) is 4.79. The summed E-state index contributed by atoms with van der Waals surface area (Å²) in [5.74, 6) is -0.550. The van der Waals surface area contributed by atoms with Gasteiger partial charge in [-0.3, -0.25) is 20.2 Å². The minimum atomic E-state index is -0.762. The van der Waals surface area contributed by atoms with E-state index in [0.717, 1.165) is 13.2 Å². The summed E-state index contributed by atoms with van der Waals surface area (Å²) >= 11 is 0. The molecule has 0 heterocycles. The molecular weight excluding hydrogens is 242 g/mol. The smallest absolute Gasteiger partial charge is 0.411 e. The Morgan fingerprint density at radius 2 is 2.17 bits per heavy atom. The minimum Gasteiger partial charge on any atom is -0.453 e. The second kappa shape index (κ2) is 5.73. The van der Waals surface area contributed by atoms with Gasteiger partial charge in [0.05, 0.1) is 29.8 Å². The number of nitro benzene ring substituents is 1. The fourth-order valence-electron chi connectivity index (χ4n) is 1.28. The Kier molecular flexibility index (Phi) is 4.33. The van der Waals surface area contributed by atoms with Crippen LogP contribution < -0.4 is 11.1 Å². The van der Waals surface area contributed by atoms with Crippen LogP contribution in [0, 0.1) is 10.1 Å². The van der Waals surface area contributed by atoms with E-state index >= 15 is 0 Å².